The second-order valence-electron chi connectivity index (χ2n) is 5.36. The van der Waals surface area contributed by atoms with Crippen LogP contribution in [-0.2, 0) is 9.84 Å². The van der Waals surface area contributed by atoms with E-state index in [-0.39, 0.29) is 4.90 Å². The molecule has 0 bridgehead atoms. The first-order valence-corrected chi connectivity index (χ1v) is 8.84. The minimum absolute atomic E-state index is 0.201. The van der Waals surface area contributed by atoms with Crippen molar-refractivity contribution >= 4 is 32.0 Å². The fourth-order valence-electron chi connectivity index (χ4n) is 2.85. The fraction of sp³-hybridized carbons (Fsp3) is 0.333. The Morgan fingerprint density at radius 2 is 1.81 bits per heavy atom. The van der Waals surface area contributed by atoms with Crippen molar-refractivity contribution < 1.29 is 8.42 Å². The van der Waals surface area contributed by atoms with E-state index in [0.717, 1.165) is 42.6 Å². The number of sulfone groups is 1. The van der Waals surface area contributed by atoms with E-state index in [0.29, 0.717) is 5.69 Å². The van der Waals surface area contributed by atoms with Crippen LogP contribution in [0.15, 0.2) is 35.2 Å². The Kier molecular flexibility index (Phi) is 3.51. The maximum absolute atomic E-state index is 11.8. The summed E-state index contributed by atoms with van der Waals surface area (Å²) in [6.45, 7) is 3.78. The van der Waals surface area contributed by atoms with E-state index in [1.807, 2.05) is 18.2 Å². The molecule has 0 atom stereocenters. The molecule has 0 amide bonds. The number of piperazine rings is 1. The van der Waals surface area contributed by atoms with Crippen LogP contribution < -0.4 is 16.0 Å². The number of nitrogens with one attached hydrogen (secondary N) is 1. The van der Waals surface area contributed by atoms with Crippen LogP contribution in [0, 0.1) is 0 Å². The standard InChI is InChI=1S/C15H19N3O2S/c1-21(19,20)14-6-5-11-12(15(14)16)3-2-4-13(11)18-9-7-17-8-10-18/h2-6,17H,7-10,16H2,1H3. The summed E-state index contributed by atoms with van der Waals surface area (Å²) < 4.78 is 23.6. The van der Waals surface area contributed by atoms with Crippen molar-refractivity contribution in [3.05, 3.63) is 30.3 Å². The molecule has 2 aromatic carbocycles. The van der Waals surface area contributed by atoms with Crippen molar-refractivity contribution in [2.24, 2.45) is 0 Å². The number of nitrogens with two attached hydrogens (primary N) is 1. The minimum Gasteiger partial charge on any atom is -0.397 e. The molecule has 3 N–H and O–H groups in total. The molecular weight excluding hydrogens is 286 g/mol. The number of nitrogens with zero attached hydrogens (tertiary/aromatic N) is 1. The number of anilines is 2. The quantitative estimate of drug-likeness (QED) is 0.816. The van der Waals surface area contributed by atoms with Gasteiger partial charge in [-0.3, -0.25) is 0 Å². The molecule has 5 nitrogen and oxygen atoms in total. The number of rotatable bonds is 2. The monoisotopic (exact) mass is 305 g/mol. The highest BCUT2D eigenvalue weighted by atomic mass is 32.2. The zero-order chi connectivity index (χ0) is 15.0. The van der Waals surface area contributed by atoms with Gasteiger partial charge < -0.3 is 16.0 Å². The highest BCUT2D eigenvalue weighted by molar-refractivity contribution is 7.90. The predicted molar refractivity (Wildman–Crippen MR) is 86.6 cm³/mol. The van der Waals surface area contributed by atoms with Gasteiger partial charge in [0.1, 0.15) is 0 Å². The third kappa shape index (κ3) is 2.56. The van der Waals surface area contributed by atoms with Gasteiger partial charge in [0.05, 0.1) is 10.6 Å². The molecule has 0 aromatic heterocycles. The van der Waals surface area contributed by atoms with Crippen LogP contribution in [0.3, 0.4) is 0 Å². The fourth-order valence-corrected chi connectivity index (χ4v) is 3.67. The van der Waals surface area contributed by atoms with Gasteiger partial charge >= 0.3 is 0 Å². The van der Waals surface area contributed by atoms with Crippen molar-refractivity contribution in [2.45, 2.75) is 4.90 Å². The Morgan fingerprint density at radius 1 is 1.10 bits per heavy atom. The molecule has 6 heteroatoms. The van der Waals surface area contributed by atoms with Crippen LogP contribution in [-0.4, -0.2) is 40.9 Å². The molecule has 3 rings (SSSR count). The first kappa shape index (κ1) is 14.2. The van der Waals surface area contributed by atoms with Crippen LogP contribution >= 0.6 is 0 Å². The second kappa shape index (κ2) is 5.20. The predicted octanol–water partition coefficient (Wildman–Crippen LogP) is 1.24. The molecule has 1 fully saturated rings. The van der Waals surface area contributed by atoms with Gasteiger partial charge in [0.25, 0.3) is 0 Å². The molecule has 112 valence electrons. The van der Waals surface area contributed by atoms with Crippen LogP contribution in [0.5, 0.6) is 0 Å². The van der Waals surface area contributed by atoms with E-state index in [1.165, 1.54) is 6.26 Å². The number of fused-ring (bicyclic) bond motifs is 1. The highest BCUT2D eigenvalue weighted by Gasteiger charge is 2.17. The van der Waals surface area contributed by atoms with Gasteiger partial charge in [-0.1, -0.05) is 18.2 Å². The first-order chi connectivity index (χ1) is 9.98. The third-order valence-corrected chi connectivity index (χ3v) is 5.05. The molecular formula is C15H19N3O2S. The number of hydrogen-bond donors (Lipinski definition) is 2. The molecule has 2 aromatic rings. The van der Waals surface area contributed by atoms with Crippen molar-refractivity contribution in [1.82, 2.24) is 5.32 Å². The molecule has 0 saturated carbocycles. The van der Waals surface area contributed by atoms with Crippen molar-refractivity contribution in [3.8, 4) is 0 Å². The van der Waals surface area contributed by atoms with Crippen LogP contribution in [0.4, 0.5) is 11.4 Å². The Morgan fingerprint density at radius 3 is 2.48 bits per heavy atom. The van der Waals surface area contributed by atoms with Crippen molar-refractivity contribution in [1.29, 1.82) is 0 Å². The van der Waals surface area contributed by atoms with Gasteiger partial charge in [-0.05, 0) is 12.1 Å². The maximum Gasteiger partial charge on any atom is 0.177 e. The first-order valence-electron chi connectivity index (χ1n) is 6.95. The SMILES string of the molecule is CS(=O)(=O)c1ccc2c(N3CCNCC3)cccc2c1N. The normalized spacial score (nSPS) is 16.3. The van der Waals surface area contributed by atoms with Crippen molar-refractivity contribution in [2.75, 3.05) is 43.1 Å². The zero-order valence-electron chi connectivity index (χ0n) is 12.0. The van der Waals surface area contributed by atoms with Gasteiger partial charge in [-0.15, -0.1) is 0 Å². The molecule has 21 heavy (non-hydrogen) atoms. The molecule has 1 saturated heterocycles. The van der Waals surface area contributed by atoms with Gasteiger partial charge in [-0.25, -0.2) is 8.42 Å². The Bertz CT molecular complexity index is 781. The lowest BCUT2D eigenvalue weighted by Gasteiger charge is -2.30. The molecule has 1 aliphatic rings. The summed E-state index contributed by atoms with van der Waals surface area (Å²) in [5, 5.41) is 5.13. The van der Waals surface area contributed by atoms with Crippen LogP contribution in [0.1, 0.15) is 0 Å². The van der Waals surface area contributed by atoms with Gasteiger partial charge in [0, 0.05) is 48.9 Å². The van der Waals surface area contributed by atoms with E-state index in [2.05, 4.69) is 16.3 Å². The summed E-state index contributed by atoms with van der Waals surface area (Å²) in [5.41, 5.74) is 7.55. The summed E-state index contributed by atoms with van der Waals surface area (Å²) in [6.07, 6.45) is 1.19. The Labute approximate surface area is 124 Å². The zero-order valence-corrected chi connectivity index (χ0v) is 12.8. The summed E-state index contributed by atoms with van der Waals surface area (Å²) in [6, 6.07) is 9.35. The Hall–Kier alpha value is -1.79. The topological polar surface area (TPSA) is 75.4 Å². The lowest BCUT2D eigenvalue weighted by molar-refractivity contribution is 0.590. The average molecular weight is 305 g/mol. The van der Waals surface area contributed by atoms with Crippen molar-refractivity contribution in [3.63, 3.8) is 0 Å². The van der Waals surface area contributed by atoms with Crippen LogP contribution in [0.2, 0.25) is 0 Å². The third-order valence-electron chi connectivity index (χ3n) is 3.90. The van der Waals surface area contributed by atoms with E-state index in [4.69, 9.17) is 5.73 Å². The summed E-state index contributed by atoms with van der Waals surface area (Å²) in [7, 11) is -3.31. The Balaban J connectivity index is 2.19. The molecule has 0 spiro atoms. The summed E-state index contributed by atoms with van der Waals surface area (Å²) in [5.74, 6) is 0. The molecule has 0 aliphatic carbocycles. The smallest absolute Gasteiger partial charge is 0.177 e. The van der Waals surface area contributed by atoms with Crippen LogP contribution in [0.25, 0.3) is 10.8 Å². The van der Waals surface area contributed by atoms with E-state index >= 15 is 0 Å². The van der Waals surface area contributed by atoms with E-state index in [9.17, 15) is 8.42 Å². The second-order valence-corrected chi connectivity index (χ2v) is 7.34. The minimum atomic E-state index is -3.31. The highest BCUT2D eigenvalue weighted by Crippen LogP contribution is 2.34. The molecule has 0 radical (unpaired) electrons. The maximum atomic E-state index is 11.8. The average Bonchev–Trinajstić information content (AvgIpc) is 2.47. The number of benzene rings is 2. The number of hydrogen-bond acceptors (Lipinski definition) is 5. The number of nitrogen functional groups attached to an aromatic ring is 1. The molecule has 1 heterocycles. The molecule has 1 aliphatic heterocycles. The van der Waals surface area contributed by atoms with Gasteiger partial charge in [0.15, 0.2) is 9.84 Å². The summed E-state index contributed by atoms with van der Waals surface area (Å²) in [4.78, 5) is 2.51. The van der Waals surface area contributed by atoms with E-state index in [1.54, 1.807) is 6.07 Å². The van der Waals surface area contributed by atoms with E-state index < -0.39 is 9.84 Å². The lowest BCUT2D eigenvalue weighted by Crippen LogP contribution is -2.43. The lowest BCUT2D eigenvalue weighted by atomic mass is 10.1. The largest absolute Gasteiger partial charge is 0.397 e. The van der Waals surface area contributed by atoms with Gasteiger partial charge in [-0.2, -0.15) is 0 Å². The molecule has 0 unspecified atom stereocenters. The van der Waals surface area contributed by atoms with Gasteiger partial charge in [0.2, 0.25) is 0 Å². The summed E-state index contributed by atoms with van der Waals surface area (Å²) >= 11 is 0.